The van der Waals surface area contributed by atoms with Crippen molar-refractivity contribution in [1.82, 2.24) is 0 Å². The summed E-state index contributed by atoms with van der Waals surface area (Å²) in [5.41, 5.74) is 0.753. The van der Waals surface area contributed by atoms with Crippen molar-refractivity contribution in [3.8, 4) is 0 Å². The van der Waals surface area contributed by atoms with Crippen LogP contribution in [-0.2, 0) is 42.9 Å². The lowest BCUT2D eigenvalue weighted by Gasteiger charge is -2.38. The van der Waals surface area contributed by atoms with E-state index in [1.807, 2.05) is 0 Å². The van der Waals surface area contributed by atoms with Gasteiger partial charge in [0.25, 0.3) is 0 Å². The number of carboxylic acids is 1. The van der Waals surface area contributed by atoms with E-state index in [2.05, 4.69) is 67.9 Å². The first-order valence-corrected chi connectivity index (χ1v) is 37.7. The normalized spacial score (nSPS) is 15.9. The Hall–Kier alpha value is -3.95. The molecule has 2 aliphatic rings. The molecule has 90 heavy (non-hydrogen) atoms. The summed E-state index contributed by atoms with van der Waals surface area (Å²) in [6.45, 7) is 30.7. The Morgan fingerprint density at radius 2 is 0.678 bits per heavy atom. The molecule has 2 bridgehead atoms. The van der Waals surface area contributed by atoms with Gasteiger partial charge in [-0.3, -0.25) is 0 Å². The van der Waals surface area contributed by atoms with E-state index >= 15 is 0 Å². The number of carbonyl (C=O) groups is 5. The second-order valence-electron chi connectivity index (χ2n) is 27.3. The van der Waals surface area contributed by atoms with Gasteiger partial charge in [-0.15, -0.1) is 0 Å². The Morgan fingerprint density at radius 3 is 0.900 bits per heavy atom. The zero-order chi connectivity index (χ0) is 67.0. The number of esters is 4. The summed E-state index contributed by atoms with van der Waals surface area (Å²) >= 11 is 0. The topological polar surface area (TPSA) is 143 Å². The lowest BCUT2D eigenvalue weighted by atomic mass is 9.70. The second kappa shape index (κ2) is 63.8. The average Bonchev–Trinajstić information content (AvgIpc) is 1.57. The molecule has 524 valence electrons. The van der Waals surface area contributed by atoms with Crippen LogP contribution in [0.3, 0.4) is 0 Å². The fourth-order valence-electron chi connectivity index (χ4n) is 12.5. The maximum Gasteiger partial charge on any atom is 0.337 e. The van der Waals surface area contributed by atoms with Crippen molar-refractivity contribution < 1.29 is 48.0 Å². The Morgan fingerprint density at radius 1 is 0.411 bits per heavy atom. The highest BCUT2D eigenvalue weighted by Gasteiger charge is 2.63. The molecule has 0 aliphatic heterocycles. The van der Waals surface area contributed by atoms with Gasteiger partial charge in [-0.1, -0.05) is 357 Å². The van der Waals surface area contributed by atoms with Crippen molar-refractivity contribution in [1.29, 1.82) is 0 Å². The molecule has 0 saturated heterocycles. The molecule has 2 fully saturated rings. The molecule has 2 rings (SSSR count). The van der Waals surface area contributed by atoms with E-state index in [0.717, 1.165) is 38.2 Å². The third kappa shape index (κ3) is 52.5. The molecule has 0 spiro atoms. The van der Waals surface area contributed by atoms with Crippen molar-refractivity contribution in [2.75, 3.05) is 19.8 Å². The van der Waals surface area contributed by atoms with Crippen molar-refractivity contribution in [2.45, 2.75) is 382 Å². The number of unbranched alkanes of at least 4 members (excludes halogenated alkanes) is 45. The standard InChI is InChI=1S/C22H42O2.2C21H40O2.C16H22O4/c1-4-5-6-7-8-9-10-11-12-13-14-15-16-17-18-19-20-24-22(23)21(2)3;2*1-3-5-6-7-8-9-10-11-12-13-14-15-16-17-18-19-20-23-21(22)4-2;1-10(5-6-13(17)18)14(19)20-12-9-11-7-8-16(12,4)15(11,2)3/h2,4-20H2,1,3H3;2*4H,2-3,5-20H2,1H3;5-6,11-12H,1,7-9H2,2-4H3,(H,17,18). The summed E-state index contributed by atoms with van der Waals surface area (Å²) in [5.74, 6) is -1.88. The zero-order valence-electron chi connectivity index (χ0n) is 60.1. The molecule has 0 aromatic heterocycles. The van der Waals surface area contributed by atoms with Crippen LogP contribution in [0.1, 0.15) is 376 Å². The largest absolute Gasteiger partial charge is 0.478 e. The summed E-state index contributed by atoms with van der Waals surface area (Å²) in [6.07, 6.45) is 72.8. The van der Waals surface area contributed by atoms with Crippen LogP contribution in [0.15, 0.2) is 61.8 Å². The lowest BCUT2D eigenvalue weighted by Crippen LogP contribution is -2.38. The van der Waals surface area contributed by atoms with Gasteiger partial charge >= 0.3 is 29.8 Å². The molecular formula is C80H144O10. The number of carboxylic acid groups (broad SMARTS) is 1. The molecule has 0 aromatic carbocycles. The molecule has 1 N–H and O–H groups in total. The monoisotopic (exact) mass is 1270 g/mol. The number of rotatable bonds is 58. The SMILES string of the molecule is C=C(C)C(=O)OCCCCCCCCCCCCCCCCCC.C=C(C=CC(=O)O)C(=O)OC1CC2CCC1(C)C2(C)C.C=CC(=O)OCCCCCCCCCCCCCCCCCC.C=CC(=O)OCCCCCCCCCCCCCCCCCC. The van der Waals surface area contributed by atoms with Gasteiger partial charge in [0.15, 0.2) is 0 Å². The van der Waals surface area contributed by atoms with E-state index in [1.54, 1.807) is 6.92 Å². The van der Waals surface area contributed by atoms with Crippen molar-refractivity contribution in [3.05, 3.63) is 61.8 Å². The minimum absolute atomic E-state index is 0.00409. The number of aliphatic carboxylic acids is 1. The summed E-state index contributed by atoms with van der Waals surface area (Å²) in [5, 5.41) is 8.54. The molecule has 10 heteroatoms. The van der Waals surface area contributed by atoms with Gasteiger partial charge in [0, 0.05) is 29.2 Å². The smallest absolute Gasteiger partial charge is 0.337 e. The van der Waals surface area contributed by atoms with Crippen molar-refractivity contribution in [3.63, 3.8) is 0 Å². The average molecular weight is 1270 g/mol. The maximum atomic E-state index is 12.0. The van der Waals surface area contributed by atoms with E-state index in [0.29, 0.717) is 31.3 Å². The first-order chi connectivity index (χ1) is 43.5. The van der Waals surface area contributed by atoms with Gasteiger partial charge in [-0.2, -0.15) is 0 Å². The minimum atomic E-state index is -1.10. The number of carbonyl (C=O) groups excluding carboxylic acids is 4. The Labute approximate surface area is 555 Å². The third-order valence-corrected chi connectivity index (χ3v) is 19.0. The van der Waals surface area contributed by atoms with Crippen molar-refractivity contribution in [2.24, 2.45) is 16.7 Å². The molecule has 3 atom stereocenters. The zero-order valence-corrected chi connectivity index (χ0v) is 60.1. The molecule has 0 radical (unpaired) electrons. The van der Waals surface area contributed by atoms with Crippen LogP contribution in [0.5, 0.6) is 0 Å². The van der Waals surface area contributed by atoms with Crippen molar-refractivity contribution >= 4 is 29.8 Å². The van der Waals surface area contributed by atoms with Crippen LogP contribution >= 0.6 is 0 Å². The number of ether oxygens (including phenoxy) is 4. The van der Waals surface area contributed by atoms with Crippen LogP contribution in [-0.4, -0.2) is 60.9 Å². The first-order valence-electron chi connectivity index (χ1n) is 37.7. The predicted molar refractivity (Wildman–Crippen MR) is 382 cm³/mol. The fraction of sp³-hybridized carbons (Fsp3) is 0.812. The lowest BCUT2D eigenvalue weighted by molar-refractivity contribution is -0.151. The number of fused-ring (bicyclic) bond motifs is 2. The molecular weight excluding hydrogens is 1120 g/mol. The van der Waals surface area contributed by atoms with E-state index in [-0.39, 0.29) is 40.4 Å². The Balaban J connectivity index is 0. The molecule has 10 nitrogen and oxygen atoms in total. The molecule has 0 amide bonds. The fourth-order valence-corrected chi connectivity index (χ4v) is 12.5. The Kier molecular flexibility index (Phi) is 62.5. The maximum absolute atomic E-state index is 12.0. The summed E-state index contributed by atoms with van der Waals surface area (Å²) in [7, 11) is 0. The van der Waals surface area contributed by atoms with E-state index in [1.165, 1.54) is 314 Å². The quantitative estimate of drug-likeness (QED) is 0.0206. The minimum Gasteiger partial charge on any atom is -0.478 e. The highest BCUT2D eigenvalue weighted by molar-refractivity contribution is 5.93. The van der Waals surface area contributed by atoms with E-state index in [9.17, 15) is 24.0 Å². The highest BCUT2D eigenvalue weighted by Crippen LogP contribution is 2.66. The van der Waals surface area contributed by atoms with Crippen LogP contribution in [0, 0.1) is 16.7 Å². The highest BCUT2D eigenvalue weighted by atomic mass is 16.5. The summed E-state index contributed by atoms with van der Waals surface area (Å²) in [6, 6.07) is 0. The molecule has 2 saturated carbocycles. The summed E-state index contributed by atoms with van der Waals surface area (Å²) < 4.78 is 20.6. The first kappa shape index (κ1) is 88.1. The second-order valence-corrected chi connectivity index (χ2v) is 27.3. The van der Waals surface area contributed by atoms with Gasteiger partial charge in [0.2, 0.25) is 0 Å². The van der Waals surface area contributed by atoms with Gasteiger partial charge in [0.1, 0.15) is 6.10 Å². The van der Waals surface area contributed by atoms with E-state index < -0.39 is 11.9 Å². The summed E-state index contributed by atoms with van der Waals surface area (Å²) in [4.78, 5) is 55.3. The number of hydrogen-bond acceptors (Lipinski definition) is 9. The van der Waals surface area contributed by atoms with Gasteiger partial charge in [-0.05, 0) is 62.9 Å². The van der Waals surface area contributed by atoms with Crippen LogP contribution in [0.4, 0.5) is 0 Å². The van der Waals surface area contributed by atoms with Crippen LogP contribution < -0.4 is 0 Å². The Bertz CT molecular complexity index is 1760. The van der Waals surface area contributed by atoms with Gasteiger partial charge in [-0.25, -0.2) is 24.0 Å². The predicted octanol–water partition coefficient (Wildman–Crippen LogP) is 24.3. The van der Waals surface area contributed by atoms with E-state index in [4.69, 9.17) is 24.1 Å². The third-order valence-electron chi connectivity index (χ3n) is 19.0. The molecule has 0 heterocycles. The number of hydrogen-bond donors (Lipinski definition) is 1. The molecule has 0 aromatic rings. The van der Waals surface area contributed by atoms with Gasteiger partial charge in [0.05, 0.1) is 25.4 Å². The van der Waals surface area contributed by atoms with Crippen LogP contribution in [0.2, 0.25) is 0 Å². The van der Waals surface area contributed by atoms with Crippen LogP contribution in [0.25, 0.3) is 0 Å². The molecule has 3 unspecified atom stereocenters. The van der Waals surface area contributed by atoms with Gasteiger partial charge < -0.3 is 24.1 Å². The molecule has 2 aliphatic carbocycles.